The Hall–Kier alpha value is -0.370. The quantitative estimate of drug-likeness (QED) is 0.306. The summed E-state index contributed by atoms with van der Waals surface area (Å²) in [5.74, 6) is 0.0877. The standard InChI is InChI=1S/C13H23IN2O3/c1-2-19-12(17)4-3-9-15-13(18)10-5-7-11(16-14)8-6-10/h10-11,16H,2-9H2,1H3,(H,15,18). The highest BCUT2D eigenvalue weighted by Gasteiger charge is 2.25. The Morgan fingerprint density at radius 3 is 2.53 bits per heavy atom. The highest BCUT2D eigenvalue weighted by molar-refractivity contribution is 14.1. The van der Waals surface area contributed by atoms with E-state index in [2.05, 4.69) is 31.7 Å². The van der Waals surface area contributed by atoms with Crippen LogP contribution in [0.2, 0.25) is 0 Å². The summed E-state index contributed by atoms with van der Waals surface area (Å²) in [6.07, 6.45) is 5.04. The fourth-order valence-corrected chi connectivity index (χ4v) is 2.91. The number of rotatable bonds is 7. The molecule has 1 fully saturated rings. The molecule has 0 aromatic rings. The van der Waals surface area contributed by atoms with Crippen LogP contribution in [0, 0.1) is 5.92 Å². The summed E-state index contributed by atoms with van der Waals surface area (Å²) in [5, 5.41) is 2.91. The van der Waals surface area contributed by atoms with Crippen LogP contribution < -0.4 is 8.85 Å². The van der Waals surface area contributed by atoms with Crippen molar-refractivity contribution in [2.45, 2.75) is 51.5 Å². The Morgan fingerprint density at radius 1 is 1.26 bits per heavy atom. The van der Waals surface area contributed by atoms with Gasteiger partial charge in [0.05, 0.1) is 6.61 Å². The molecule has 0 spiro atoms. The predicted octanol–water partition coefficient (Wildman–Crippen LogP) is 1.94. The Bertz CT molecular complexity index is 292. The lowest BCUT2D eigenvalue weighted by Gasteiger charge is -2.26. The van der Waals surface area contributed by atoms with E-state index < -0.39 is 0 Å². The number of ether oxygens (including phenoxy) is 1. The molecule has 0 aromatic heterocycles. The lowest BCUT2D eigenvalue weighted by molar-refractivity contribution is -0.143. The molecule has 19 heavy (non-hydrogen) atoms. The molecule has 0 heterocycles. The molecule has 1 aliphatic rings. The van der Waals surface area contributed by atoms with Gasteiger partial charge < -0.3 is 10.1 Å². The Balaban J connectivity index is 2.10. The van der Waals surface area contributed by atoms with E-state index in [9.17, 15) is 9.59 Å². The van der Waals surface area contributed by atoms with E-state index in [-0.39, 0.29) is 17.8 Å². The molecule has 0 atom stereocenters. The summed E-state index contributed by atoms with van der Waals surface area (Å²) in [6, 6.07) is 0.550. The van der Waals surface area contributed by atoms with Gasteiger partial charge in [-0.3, -0.25) is 13.1 Å². The van der Waals surface area contributed by atoms with Gasteiger partial charge in [0.25, 0.3) is 0 Å². The fraction of sp³-hybridized carbons (Fsp3) is 0.846. The molecule has 1 aliphatic carbocycles. The van der Waals surface area contributed by atoms with Gasteiger partial charge in [0.2, 0.25) is 5.91 Å². The minimum Gasteiger partial charge on any atom is -0.466 e. The lowest BCUT2D eigenvalue weighted by atomic mass is 9.86. The Morgan fingerprint density at radius 2 is 1.95 bits per heavy atom. The second-order valence-electron chi connectivity index (χ2n) is 4.86. The van der Waals surface area contributed by atoms with Crippen LogP contribution >= 0.6 is 22.9 Å². The molecule has 110 valence electrons. The molecular formula is C13H23IN2O3. The molecule has 0 unspecified atom stereocenters. The van der Waals surface area contributed by atoms with Crippen LogP contribution in [-0.4, -0.2) is 31.1 Å². The molecule has 1 rings (SSSR count). The molecule has 0 bridgehead atoms. The summed E-state index contributed by atoms with van der Waals surface area (Å²) in [5.41, 5.74) is 0. The van der Waals surface area contributed by atoms with Gasteiger partial charge in [-0.05, 0) is 39.0 Å². The lowest BCUT2D eigenvalue weighted by Crippen LogP contribution is -2.36. The second kappa shape index (κ2) is 9.52. The van der Waals surface area contributed by atoms with Gasteiger partial charge >= 0.3 is 5.97 Å². The third kappa shape index (κ3) is 6.56. The molecule has 0 aliphatic heterocycles. The topological polar surface area (TPSA) is 67.4 Å². The Labute approximate surface area is 128 Å². The van der Waals surface area contributed by atoms with Crippen molar-refractivity contribution < 1.29 is 14.3 Å². The SMILES string of the molecule is CCOC(=O)CCCNC(=O)C1CCC(NI)CC1. The van der Waals surface area contributed by atoms with E-state index >= 15 is 0 Å². The third-order valence-corrected chi connectivity index (χ3v) is 4.30. The van der Waals surface area contributed by atoms with Crippen molar-refractivity contribution in [2.24, 2.45) is 5.92 Å². The van der Waals surface area contributed by atoms with E-state index in [0.717, 1.165) is 25.7 Å². The summed E-state index contributed by atoms with van der Waals surface area (Å²) < 4.78 is 8.06. The van der Waals surface area contributed by atoms with Crippen molar-refractivity contribution in [2.75, 3.05) is 13.2 Å². The maximum atomic E-state index is 11.9. The van der Waals surface area contributed by atoms with Gasteiger partial charge in [0.1, 0.15) is 0 Å². The molecule has 1 amide bonds. The van der Waals surface area contributed by atoms with Crippen LogP contribution in [-0.2, 0) is 14.3 Å². The zero-order chi connectivity index (χ0) is 14.1. The van der Waals surface area contributed by atoms with Crippen LogP contribution in [0.15, 0.2) is 0 Å². The van der Waals surface area contributed by atoms with Crippen LogP contribution in [0.4, 0.5) is 0 Å². The molecule has 1 saturated carbocycles. The van der Waals surface area contributed by atoms with E-state index in [1.165, 1.54) is 0 Å². The number of hydrogen-bond acceptors (Lipinski definition) is 4. The number of halogens is 1. The van der Waals surface area contributed by atoms with E-state index in [4.69, 9.17) is 4.74 Å². The zero-order valence-corrected chi connectivity index (χ0v) is 13.6. The summed E-state index contributed by atoms with van der Waals surface area (Å²) >= 11 is 2.18. The van der Waals surface area contributed by atoms with Gasteiger partial charge in [-0.15, -0.1) is 0 Å². The molecule has 2 N–H and O–H groups in total. The molecular weight excluding hydrogens is 359 g/mol. The monoisotopic (exact) mass is 382 g/mol. The van der Waals surface area contributed by atoms with Crippen molar-refractivity contribution in [3.63, 3.8) is 0 Å². The Kier molecular flexibility index (Phi) is 8.36. The molecule has 0 aromatic carbocycles. The van der Waals surface area contributed by atoms with Crippen molar-refractivity contribution in [1.82, 2.24) is 8.85 Å². The normalized spacial score (nSPS) is 22.8. The number of esters is 1. The van der Waals surface area contributed by atoms with Gasteiger partial charge in [-0.2, -0.15) is 0 Å². The third-order valence-electron chi connectivity index (χ3n) is 3.41. The average molecular weight is 382 g/mol. The molecule has 0 radical (unpaired) electrons. The second-order valence-corrected chi connectivity index (χ2v) is 5.48. The van der Waals surface area contributed by atoms with Crippen LogP contribution in [0.1, 0.15) is 45.4 Å². The molecule has 5 nitrogen and oxygen atoms in total. The zero-order valence-electron chi connectivity index (χ0n) is 11.4. The van der Waals surface area contributed by atoms with Gasteiger partial charge in [-0.1, -0.05) is 0 Å². The van der Waals surface area contributed by atoms with Crippen molar-refractivity contribution in [1.29, 1.82) is 0 Å². The predicted molar refractivity (Wildman–Crippen MR) is 81.8 cm³/mol. The van der Waals surface area contributed by atoms with E-state index in [0.29, 0.717) is 32.0 Å². The first-order chi connectivity index (χ1) is 9.17. The fourth-order valence-electron chi connectivity index (χ4n) is 2.29. The highest BCUT2D eigenvalue weighted by Crippen LogP contribution is 2.24. The highest BCUT2D eigenvalue weighted by atomic mass is 127. The minimum atomic E-state index is -0.189. The number of carbonyl (C=O) groups excluding carboxylic acids is 2. The van der Waals surface area contributed by atoms with E-state index in [1.807, 2.05) is 0 Å². The average Bonchev–Trinajstić information content (AvgIpc) is 2.44. The van der Waals surface area contributed by atoms with E-state index in [1.54, 1.807) is 6.92 Å². The summed E-state index contributed by atoms with van der Waals surface area (Å²) in [4.78, 5) is 23.0. The maximum Gasteiger partial charge on any atom is 0.305 e. The maximum absolute atomic E-state index is 11.9. The summed E-state index contributed by atoms with van der Waals surface area (Å²) in [7, 11) is 0. The number of nitrogens with one attached hydrogen (secondary N) is 2. The largest absolute Gasteiger partial charge is 0.466 e. The van der Waals surface area contributed by atoms with Crippen molar-refractivity contribution in [3.05, 3.63) is 0 Å². The van der Waals surface area contributed by atoms with Crippen LogP contribution in [0.25, 0.3) is 0 Å². The summed E-state index contributed by atoms with van der Waals surface area (Å²) in [6.45, 7) is 2.77. The first-order valence-electron chi connectivity index (χ1n) is 6.96. The van der Waals surface area contributed by atoms with Gasteiger partial charge in [-0.25, -0.2) is 0 Å². The molecule has 0 saturated heterocycles. The number of hydrogen-bond donors (Lipinski definition) is 2. The first-order valence-corrected chi connectivity index (χ1v) is 8.04. The van der Waals surface area contributed by atoms with Crippen LogP contribution in [0.5, 0.6) is 0 Å². The number of amides is 1. The van der Waals surface area contributed by atoms with Gasteiger partial charge in [0.15, 0.2) is 0 Å². The van der Waals surface area contributed by atoms with Crippen LogP contribution in [0.3, 0.4) is 0 Å². The first kappa shape index (κ1) is 16.7. The number of carbonyl (C=O) groups is 2. The van der Waals surface area contributed by atoms with Crippen molar-refractivity contribution in [3.8, 4) is 0 Å². The van der Waals surface area contributed by atoms with Crippen molar-refractivity contribution >= 4 is 34.7 Å². The minimum absolute atomic E-state index is 0.135. The smallest absolute Gasteiger partial charge is 0.305 e. The van der Waals surface area contributed by atoms with Gasteiger partial charge in [0, 0.05) is 47.8 Å². The molecule has 6 heteroatoms.